The number of fused-ring (bicyclic) bond motifs is 2. The maximum atomic E-state index is 6.35. The molecule has 2 N–H and O–H groups in total. The van der Waals surface area contributed by atoms with E-state index in [1.165, 1.54) is 24.3 Å². The highest BCUT2D eigenvalue weighted by Crippen LogP contribution is 2.42. The van der Waals surface area contributed by atoms with Crippen LogP contribution in [0.25, 0.3) is 0 Å². The Bertz CT molecular complexity index is 188. The summed E-state index contributed by atoms with van der Waals surface area (Å²) in [6.45, 7) is 2.20. The highest BCUT2D eigenvalue weighted by atomic mass is 32.2. The minimum Gasteiger partial charge on any atom is -0.373 e. The molecule has 2 rings (SSSR count). The van der Waals surface area contributed by atoms with Crippen LogP contribution >= 0.6 is 11.8 Å². The maximum Gasteiger partial charge on any atom is 0.0760 e. The van der Waals surface area contributed by atoms with Crippen LogP contribution in [0.1, 0.15) is 32.6 Å². The van der Waals surface area contributed by atoms with Gasteiger partial charge in [-0.3, -0.25) is 0 Å². The molecule has 0 aromatic rings. The predicted molar refractivity (Wildman–Crippen MR) is 57.0 cm³/mol. The second kappa shape index (κ2) is 3.79. The summed E-state index contributed by atoms with van der Waals surface area (Å²) >= 11 is 1.99. The van der Waals surface area contributed by atoms with Gasteiger partial charge in [-0.25, -0.2) is 0 Å². The average molecular weight is 201 g/mol. The van der Waals surface area contributed by atoms with Gasteiger partial charge in [0.1, 0.15) is 0 Å². The lowest BCUT2D eigenvalue weighted by Crippen LogP contribution is -2.49. The fraction of sp³-hybridized carbons (Fsp3) is 1.00. The van der Waals surface area contributed by atoms with Crippen molar-refractivity contribution in [3.63, 3.8) is 0 Å². The predicted octanol–water partition coefficient (Wildman–Crippen LogP) is 1.78. The molecule has 76 valence electrons. The Morgan fingerprint density at radius 1 is 1.54 bits per heavy atom. The van der Waals surface area contributed by atoms with E-state index in [0.29, 0.717) is 12.2 Å². The molecule has 0 aromatic heterocycles. The van der Waals surface area contributed by atoms with Gasteiger partial charge in [-0.2, -0.15) is 11.8 Å². The molecule has 0 aliphatic carbocycles. The first-order valence-electron chi connectivity index (χ1n) is 5.27. The van der Waals surface area contributed by atoms with Gasteiger partial charge in [-0.15, -0.1) is 0 Å². The zero-order chi connectivity index (χ0) is 9.31. The number of nitrogens with two attached hydrogens (primary N) is 1. The molecule has 0 amide bonds. The monoisotopic (exact) mass is 201 g/mol. The summed E-state index contributed by atoms with van der Waals surface area (Å²) in [6, 6.07) is 0. The highest BCUT2D eigenvalue weighted by Gasteiger charge is 2.49. The molecule has 2 bridgehead atoms. The third-order valence-electron chi connectivity index (χ3n) is 3.27. The molecule has 3 atom stereocenters. The van der Waals surface area contributed by atoms with Gasteiger partial charge in [-0.1, -0.05) is 6.92 Å². The molecule has 2 aliphatic heterocycles. The molecule has 3 heteroatoms. The fourth-order valence-corrected chi connectivity index (χ4v) is 3.32. The molecule has 0 aromatic carbocycles. The van der Waals surface area contributed by atoms with Crippen LogP contribution < -0.4 is 5.73 Å². The van der Waals surface area contributed by atoms with Gasteiger partial charge in [0.2, 0.25) is 0 Å². The van der Waals surface area contributed by atoms with Crippen molar-refractivity contribution in [3.05, 3.63) is 0 Å². The van der Waals surface area contributed by atoms with E-state index in [1.807, 2.05) is 11.8 Å². The third-order valence-corrected chi connectivity index (χ3v) is 4.17. The summed E-state index contributed by atoms with van der Waals surface area (Å²) < 4.78 is 5.78. The van der Waals surface area contributed by atoms with Crippen molar-refractivity contribution in [1.29, 1.82) is 0 Å². The average Bonchev–Trinajstić information content (AvgIpc) is 2.64. The smallest absolute Gasteiger partial charge is 0.0760 e. The molecule has 2 saturated heterocycles. The largest absolute Gasteiger partial charge is 0.373 e. The van der Waals surface area contributed by atoms with Crippen molar-refractivity contribution < 1.29 is 4.74 Å². The van der Waals surface area contributed by atoms with E-state index in [9.17, 15) is 0 Å². The molecule has 2 fully saturated rings. The van der Waals surface area contributed by atoms with Gasteiger partial charge in [0.15, 0.2) is 0 Å². The zero-order valence-corrected chi connectivity index (χ0v) is 9.11. The van der Waals surface area contributed by atoms with E-state index in [4.69, 9.17) is 10.5 Å². The summed E-state index contributed by atoms with van der Waals surface area (Å²) in [7, 11) is 0. The highest BCUT2D eigenvalue weighted by molar-refractivity contribution is 7.99. The van der Waals surface area contributed by atoms with E-state index in [0.717, 1.165) is 12.8 Å². The van der Waals surface area contributed by atoms with E-state index >= 15 is 0 Å². The van der Waals surface area contributed by atoms with E-state index < -0.39 is 0 Å². The summed E-state index contributed by atoms with van der Waals surface area (Å²) in [6.07, 6.45) is 5.52. The summed E-state index contributed by atoms with van der Waals surface area (Å²) in [5, 5.41) is 0. The van der Waals surface area contributed by atoms with Gasteiger partial charge in [-0.05, 0) is 37.2 Å². The van der Waals surface area contributed by atoms with Gasteiger partial charge in [0.25, 0.3) is 0 Å². The van der Waals surface area contributed by atoms with Crippen molar-refractivity contribution in [2.45, 2.75) is 50.4 Å². The first kappa shape index (κ1) is 9.81. The standard InChI is InChI=1S/C10H19NOS/c1-2-13-6-5-10(11)7-8-3-4-9(10)12-8/h8-9H,2-7,11H2,1H3. The Kier molecular flexibility index (Phi) is 2.86. The lowest BCUT2D eigenvalue weighted by atomic mass is 9.81. The lowest BCUT2D eigenvalue weighted by molar-refractivity contribution is 0.0851. The molecule has 13 heavy (non-hydrogen) atoms. The second-order valence-electron chi connectivity index (χ2n) is 4.21. The van der Waals surface area contributed by atoms with E-state index in [2.05, 4.69) is 6.92 Å². The number of rotatable bonds is 4. The summed E-state index contributed by atoms with van der Waals surface area (Å²) in [5.41, 5.74) is 6.37. The maximum absolute atomic E-state index is 6.35. The summed E-state index contributed by atoms with van der Waals surface area (Å²) in [4.78, 5) is 0. The van der Waals surface area contributed by atoms with Crippen molar-refractivity contribution >= 4 is 11.8 Å². The van der Waals surface area contributed by atoms with Gasteiger partial charge in [0.05, 0.1) is 12.2 Å². The molecule has 0 spiro atoms. The Morgan fingerprint density at radius 2 is 2.38 bits per heavy atom. The van der Waals surface area contributed by atoms with Crippen molar-refractivity contribution in [3.8, 4) is 0 Å². The zero-order valence-electron chi connectivity index (χ0n) is 8.29. The third kappa shape index (κ3) is 1.88. The quantitative estimate of drug-likeness (QED) is 0.704. The molecular formula is C10H19NOS. The molecule has 3 unspecified atom stereocenters. The van der Waals surface area contributed by atoms with Crippen LogP contribution in [0.2, 0.25) is 0 Å². The summed E-state index contributed by atoms with van der Waals surface area (Å²) in [5.74, 6) is 2.39. The van der Waals surface area contributed by atoms with E-state index in [1.54, 1.807) is 0 Å². The van der Waals surface area contributed by atoms with E-state index in [-0.39, 0.29) is 5.54 Å². The van der Waals surface area contributed by atoms with Gasteiger partial charge in [0, 0.05) is 5.54 Å². The Labute approximate surface area is 84.6 Å². The molecule has 2 nitrogen and oxygen atoms in total. The van der Waals surface area contributed by atoms with Crippen LogP contribution in [0.4, 0.5) is 0 Å². The number of hydrogen-bond acceptors (Lipinski definition) is 3. The number of ether oxygens (including phenoxy) is 1. The first-order valence-corrected chi connectivity index (χ1v) is 6.42. The van der Waals surface area contributed by atoms with Crippen LogP contribution in [-0.2, 0) is 4.74 Å². The lowest BCUT2D eigenvalue weighted by Gasteiger charge is -2.30. The number of hydrogen-bond donors (Lipinski definition) is 1. The second-order valence-corrected chi connectivity index (χ2v) is 5.60. The number of thioether (sulfide) groups is 1. The van der Waals surface area contributed by atoms with Crippen LogP contribution in [0.3, 0.4) is 0 Å². The Hall–Kier alpha value is 0.270. The molecule has 2 aliphatic rings. The topological polar surface area (TPSA) is 35.2 Å². The minimum atomic E-state index is 0.0189. The molecule has 0 saturated carbocycles. The Balaban J connectivity index is 1.83. The minimum absolute atomic E-state index is 0.0189. The van der Waals surface area contributed by atoms with Crippen molar-refractivity contribution in [2.75, 3.05) is 11.5 Å². The van der Waals surface area contributed by atoms with Crippen molar-refractivity contribution in [2.24, 2.45) is 5.73 Å². The van der Waals surface area contributed by atoms with Crippen LogP contribution in [-0.4, -0.2) is 29.3 Å². The van der Waals surface area contributed by atoms with Crippen LogP contribution in [0.15, 0.2) is 0 Å². The fourth-order valence-electron chi connectivity index (χ4n) is 2.50. The van der Waals surface area contributed by atoms with Crippen LogP contribution in [0, 0.1) is 0 Å². The van der Waals surface area contributed by atoms with Crippen molar-refractivity contribution in [1.82, 2.24) is 0 Å². The first-order chi connectivity index (χ1) is 6.24. The van der Waals surface area contributed by atoms with Gasteiger partial charge < -0.3 is 10.5 Å². The normalized spacial score (nSPS) is 42.9. The SMILES string of the molecule is CCSCCC1(N)CC2CCC1O2. The molecule has 2 heterocycles. The molecule has 0 radical (unpaired) electrons. The Morgan fingerprint density at radius 3 is 2.92 bits per heavy atom. The molecular weight excluding hydrogens is 182 g/mol. The van der Waals surface area contributed by atoms with Crippen LogP contribution in [0.5, 0.6) is 0 Å². The van der Waals surface area contributed by atoms with Gasteiger partial charge >= 0.3 is 0 Å².